The lowest BCUT2D eigenvalue weighted by atomic mass is 9.61. The first-order chi connectivity index (χ1) is 15.6. The molecule has 3 heterocycles. The molecule has 0 amide bonds. The van der Waals surface area contributed by atoms with Gasteiger partial charge in [0, 0.05) is 36.9 Å². The summed E-state index contributed by atoms with van der Waals surface area (Å²) >= 11 is 6.32. The van der Waals surface area contributed by atoms with Crippen LogP contribution >= 0.6 is 12.2 Å². The smallest absolute Gasteiger partial charge is 0.172 e. The van der Waals surface area contributed by atoms with Gasteiger partial charge < -0.3 is 19.1 Å². The molecule has 0 radical (unpaired) electrons. The lowest BCUT2D eigenvalue weighted by molar-refractivity contribution is -0.208. The van der Waals surface area contributed by atoms with Crippen LogP contribution in [0.1, 0.15) is 57.4 Å². The molecule has 4 fully saturated rings. The summed E-state index contributed by atoms with van der Waals surface area (Å²) in [6, 6.07) is 10.4. The van der Waals surface area contributed by atoms with E-state index in [1.807, 2.05) is 6.07 Å². The van der Waals surface area contributed by atoms with E-state index in [-0.39, 0.29) is 16.7 Å². The Morgan fingerprint density at radius 2 is 2.03 bits per heavy atom. The molecule has 0 unspecified atom stereocenters. The predicted molar refractivity (Wildman–Crippen MR) is 130 cm³/mol. The van der Waals surface area contributed by atoms with Gasteiger partial charge in [0.25, 0.3) is 0 Å². The van der Waals surface area contributed by atoms with Crippen LogP contribution in [0.5, 0.6) is 0 Å². The summed E-state index contributed by atoms with van der Waals surface area (Å²) < 4.78 is 18.5. The Bertz CT molecular complexity index is 839. The summed E-state index contributed by atoms with van der Waals surface area (Å²) in [7, 11) is 0. The highest BCUT2D eigenvalue weighted by atomic mass is 32.1. The summed E-state index contributed by atoms with van der Waals surface area (Å²) in [5.41, 5.74) is 1.29. The molecule has 4 aliphatic rings. The molecule has 1 aromatic rings. The first-order valence-corrected chi connectivity index (χ1v) is 12.8. The van der Waals surface area contributed by atoms with Gasteiger partial charge in [-0.25, -0.2) is 0 Å². The van der Waals surface area contributed by atoms with Crippen LogP contribution in [0.2, 0.25) is 0 Å². The predicted octanol–water partition coefficient (Wildman–Crippen LogP) is 5.51. The Labute approximate surface area is 198 Å². The number of piperidine rings is 1. The molecule has 32 heavy (non-hydrogen) atoms. The topological polar surface area (TPSA) is 30.9 Å². The minimum absolute atomic E-state index is 0.0200. The van der Waals surface area contributed by atoms with Crippen molar-refractivity contribution in [1.82, 2.24) is 4.90 Å². The van der Waals surface area contributed by atoms with Crippen molar-refractivity contribution in [3.63, 3.8) is 0 Å². The molecule has 5 heteroatoms. The van der Waals surface area contributed by atoms with Crippen LogP contribution in [0, 0.1) is 17.3 Å². The van der Waals surface area contributed by atoms with Crippen LogP contribution in [0.4, 0.5) is 0 Å². The molecule has 0 N–H and O–H groups in total. The minimum Gasteiger partial charge on any atom is -0.377 e. The molecular formula is C27H37NO3S. The first kappa shape index (κ1) is 22.5. The number of thiocarbonyl (C=S) groups is 1. The third kappa shape index (κ3) is 3.48. The quantitative estimate of drug-likeness (QED) is 0.293. The van der Waals surface area contributed by atoms with Crippen LogP contribution < -0.4 is 0 Å². The molecule has 5 rings (SSSR count). The number of rotatable bonds is 8. The maximum absolute atomic E-state index is 6.32. The van der Waals surface area contributed by atoms with E-state index in [1.165, 1.54) is 29.8 Å². The zero-order chi connectivity index (χ0) is 22.2. The average molecular weight is 456 g/mol. The van der Waals surface area contributed by atoms with E-state index in [0.717, 1.165) is 52.0 Å². The van der Waals surface area contributed by atoms with Crippen molar-refractivity contribution in [2.45, 2.75) is 69.8 Å². The third-order valence-corrected chi connectivity index (χ3v) is 9.42. The molecule has 2 spiro atoms. The SMILES string of the molecule is C=C[C@@H](C)[C@]1(CCCOCc2ccccc2)C(=S)N2CCC3(C[C@@]24CCC[C@@H]14)OCCO3. The number of benzene rings is 1. The molecular weight excluding hydrogens is 418 g/mol. The normalized spacial score (nSPS) is 34.0. The summed E-state index contributed by atoms with van der Waals surface area (Å²) in [4.78, 5) is 3.78. The Kier molecular flexibility index (Phi) is 6.21. The lowest BCUT2D eigenvalue weighted by Gasteiger charge is -2.50. The first-order valence-electron chi connectivity index (χ1n) is 12.4. The van der Waals surface area contributed by atoms with E-state index in [4.69, 9.17) is 26.4 Å². The fourth-order valence-electron chi connectivity index (χ4n) is 7.39. The second-order valence-electron chi connectivity index (χ2n) is 10.2. The molecule has 0 aromatic heterocycles. The van der Waals surface area contributed by atoms with Crippen molar-refractivity contribution in [2.75, 3.05) is 26.4 Å². The van der Waals surface area contributed by atoms with Gasteiger partial charge >= 0.3 is 0 Å². The zero-order valence-corrected chi connectivity index (χ0v) is 20.2. The van der Waals surface area contributed by atoms with Crippen molar-refractivity contribution in [1.29, 1.82) is 0 Å². The number of hydrogen-bond acceptors (Lipinski definition) is 4. The second kappa shape index (κ2) is 8.83. The van der Waals surface area contributed by atoms with Crippen LogP contribution in [0.15, 0.2) is 43.0 Å². The van der Waals surface area contributed by atoms with Crippen LogP contribution in [-0.4, -0.2) is 47.6 Å². The van der Waals surface area contributed by atoms with Gasteiger partial charge in [-0.05, 0) is 43.1 Å². The van der Waals surface area contributed by atoms with Crippen molar-refractivity contribution >= 4 is 17.2 Å². The third-order valence-electron chi connectivity index (χ3n) is 8.82. The van der Waals surface area contributed by atoms with E-state index in [1.54, 1.807) is 0 Å². The lowest BCUT2D eigenvalue weighted by Crippen LogP contribution is -2.58. The van der Waals surface area contributed by atoms with Gasteiger partial charge in [0.15, 0.2) is 5.79 Å². The number of hydrogen-bond donors (Lipinski definition) is 0. The average Bonchev–Trinajstić information content (AvgIpc) is 3.48. The van der Waals surface area contributed by atoms with Crippen LogP contribution in [0.25, 0.3) is 0 Å². The molecule has 1 aliphatic carbocycles. The van der Waals surface area contributed by atoms with Crippen LogP contribution in [0.3, 0.4) is 0 Å². The van der Waals surface area contributed by atoms with Crippen molar-refractivity contribution in [3.8, 4) is 0 Å². The fraction of sp³-hybridized carbons (Fsp3) is 0.667. The Hall–Kier alpha value is -1.27. The standard InChI is InChI=1S/C27H37NO3S/c1-3-21(2)27(13-8-16-29-19-22-9-5-4-6-10-22)23-11-7-12-25(23)20-26(30-17-18-31-26)14-15-28(25)24(27)32/h3-6,9-10,21,23H,1,7-8,11-20H2,2H3/t21-,23-,25-,27+/m1/s1. The van der Waals surface area contributed by atoms with Gasteiger partial charge in [-0.3, -0.25) is 0 Å². The summed E-state index contributed by atoms with van der Waals surface area (Å²) in [5, 5.41) is 0. The van der Waals surface area contributed by atoms with E-state index < -0.39 is 0 Å². The molecule has 4 atom stereocenters. The summed E-state index contributed by atoms with van der Waals surface area (Å²) in [6.07, 6.45) is 9.78. The Morgan fingerprint density at radius 1 is 1.25 bits per heavy atom. The van der Waals surface area contributed by atoms with E-state index in [0.29, 0.717) is 18.4 Å². The highest BCUT2D eigenvalue weighted by Crippen LogP contribution is 2.65. The number of allylic oxidation sites excluding steroid dienone is 1. The minimum atomic E-state index is -0.388. The van der Waals surface area contributed by atoms with Gasteiger partial charge in [0.2, 0.25) is 0 Å². The molecule has 3 saturated heterocycles. The molecule has 4 nitrogen and oxygen atoms in total. The highest BCUT2D eigenvalue weighted by Gasteiger charge is 2.69. The number of ether oxygens (including phenoxy) is 3. The van der Waals surface area contributed by atoms with E-state index in [9.17, 15) is 0 Å². The summed E-state index contributed by atoms with van der Waals surface area (Å²) in [5.74, 6) is 0.492. The molecule has 1 saturated carbocycles. The largest absolute Gasteiger partial charge is 0.377 e. The van der Waals surface area contributed by atoms with Crippen molar-refractivity contribution in [2.24, 2.45) is 17.3 Å². The number of nitrogens with zero attached hydrogens (tertiary/aromatic N) is 1. The van der Waals surface area contributed by atoms with Crippen molar-refractivity contribution in [3.05, 3.63) is 48.6 Å². The highest BCUT2D eigenvalue weighted by molar-refractivity contribution is 7.80. The fourth-order valence-corrected chi connectivity index (χ4v) is 8.09. The molecule has 1 aromatic carbocycles. The Morgan fingerprint density at radius 3 is 2.78 bits per heavy atom. The van der Waals surface area contributed by atoms with E-state index in [2.05, 4.69) is 48.7 Å². The Balaban J connectivity index is 1.34. The molecule has 3 aliphatic heterocycles. The van der Waals surface area contributed by atoms with Gasteiger partial charge in [-0.2, -0.15) is 0 Å². The van der Waals surface area contributed by atoms with Crippen LogP contribution in [-0.2, 0) is 20.8 Å². The monoisotopic (exact) mass is 455 g/mol. The van der Waals surface area contributed by atoms with Gasteiger partial charge in [0.05, 0.1) is 24.8 Å². The molecule has 0 bridgehead atoms. The zero-order valence-electron chi connectivity index (χ0n) is 19.4. The van der Waals surface area contributed by atoms with Gasteiger partial charge in [-0.1, -0.05) is 62.0 Å². The van der Waals surface area contributed by atoms with E-state index >= 15 is 0 Å². The summed E-state index contributed by atoms with van der Waals surface area (Å²) in [6.45, 7) is 10.4. The van der Waals surface area contributed by atoms with Gasteiger partial charge in [0.1, 0.15) is 0 Å². The maximum atomic E-state index is 6.32. The maximum Gasteiger partial charge on any atom is 0.172 e. The second-order valence-corrected chi connectivity index (χ2v) is 10.6. The van der Waals surface area contributed by atoms with Crippen molar-refractivity contribution < 1.29 is 14.2 Å². The van der Waals surface area contributed by atoms with Gasteiger partial charge in [-0.15, -0.1) is 6.58 Å². The molecule has 174 valence electrons.